The fourth-order valence-electron chi connectivity index (χ4n) is 3.86. The SMILES string of the molecule is CC(C)c1nnc(CCC(=O)N2CCOCCOc3ccc(F)cc3Cc3cccc(c3)C2)o1. The van der Waals surface area contributed by atoms with Crippen molar-refractivity contribution in [2.24, 2.45) is 0 Å². The molecular formula is C26H30FN3O4. The highest BCUT2D eigenvalue weighted by molar-refractivity contribution is 5.76. The maximum Gasteiger partial charge on any atom is 0.223 e. The van der Waals surface area contributed by atoms with E-state index in [4.69, 9.17) is 13.9 Å². The summed E-state index contributed by atoms with van der Waals surface area (Å²) in [5, 5.41) is 8.08. The van der Waals surface area contributed by atoms with E-state index in [1.54, 1.807) is 11.0 Å². The average molecular weight is 468 g/mol. The topological polar surface area (TPSA) is 77.7 Å². The molecule has 0 fully saturated rings. The number of carbonyl (C=O) groups excluding carboxylic acids is 1. The number of carbonyl (C=O) groups is 1. The molecule has 0 radical (unpaired) electrons. The lowest BCUT2D eigenvalue weighted by Gasteiger charge is -2.23. The molecule has 1 amide bonds. The summed E-state index contributed by atoms with van der Waals surface area (Å²) in [7, 11) is 0. The Morgan fingerprint density at radius 1 is 1.09 bits per heavy atom. The number of aryl methyl sites for hydroxylation is 1. The summed E-state index contributed by atoms with van der Waals surface area (Å²) in [6.45, 7) is 6.01. The van der Waals surface area contributed by atoms with Crippen LogP contribution in [0.3, 0.4) is 0 Å². The zero-order chi connectivity index (χ0) is 23.9. The van der Waals surface area contributed by atoms with Crippen LogP contribution in [0.5, 0.6) is 5.75 Å². The third kappa shape index (κ3) is 6.41. The summed E-state index contributed by atoms with van der Waals surface area (Å²) in [5.74, 6) is 1.56. The molecule has 0 aliphatic carbocycles. The van der Waals surface area contributed by atoms with E-state index in [0.29, 0.717) is 63.3 Å². The first-order valence-electron chi connectivity index (χ1n) is 11.6. The molecule has 2 bridgehead atoms. The zero-order valence-corrected chi connectivity index (χ0v) is 19.6. The van der Waals surface area contributed by atoms with Crippen molar-refractivity contribution in [2.75, 3.05) is 26.4 Å². The normalized spacial score (nSPS) is 14.9. The van der Waals surface area contributed by atoms with Gasteiger partial charge in [0, 0.05) is 43.8 Å². The Hall–Kier alpha value is -3.26. The van der Waals surface area contributed by atoms with Gasteiger partial charge in [-0.3, -0.25) is 4.79 Å². The standard InChI is InChI=1S/C26H30FN3O4/c1-18(2)26-29-28-24(34-26)8-9-25(31)30-10-11-32-12-13-33-23-7-6-22(27)16-21(23)15-19-4-3-5-20(14-19)17-30/h3-7,14,16,18H,8-13,15,17H2,1-2H3. The molecule has 0 atom stereocenters. The maximum atomic E-state index is 13.9. The van der Waals surface area contributed by atoms with E-state index in [1.165, 1.54) is 12.1 Å². The molecule has 0 saturated carbocycles. The Morgan fingerprint density at radius 3 is 2.76 bits per heavy atom. The average Bonchev–Trinajstić information content (AvgIpc) is 3.29. The van der Waals surface area contributed by atoms with Gasteiger partial charge in [0.1, 0.15) is 18.2 Å². The van der Waals surface area contributed by atoms with Crippen LogP contribution in [0.1, 0.15) is 54.7 Å². The van der Waals surface area contributed by atoms with Gasteiger partial charge < -0.3 is 18.8 Å². The first-order chi connectivity index (χ1) is 16.5. The number of benzene rings is 2. The number of halogens is 1. The molecule has 1 aliphatic heterocycles. The molecule has 0 unspecified atom stereocenters. The van der Waals surface area contributed by atoms with E-state index < -0.39 is 0 Å². The summed E-state index contributed by atoms with van der Waals surface area (Å²) in [5.41, 5.74) is 2.81. The van der Waals surface area contributed by atoms with Gasteiger partial charge in [-0.2, -0.15) is 0 Å². The number of aromatic nitrogens is 2. The van der Waals surface area contributed by atoms with Crippen molar-refractivity contribution in [3.05, 3.63) is 76.8 Å². The molecule has 3 aromatic rings. The van der Waals surface area contributed by atoms with Gasteiger partial charge >= 0.3 is 0 Å². The van der Waals surface area contributed by atoms with Gasteiger partial charge in [0.25, 0.3) is 0 Å². The van der Waals surface area contributed by atoms with Crippen LogP contribution in [0.15, 0.2) is 46.9 Å². The Bertz CT molecular complexity index is 1110. The minimum Gasteiger partial charge on any atom is -0.491 e. The Morgan fingerprint density at radius 2 is 1.94 bits per heavy atom. The molecule has 2 aromatic carbocycles. The second kappa shape index (κ2) is 11.2. The number of nitrogens with zero attached hydrogens (tertiary/aromatic N) is 3. The van der Waals surface area contributed by atoms with Crippen LogP contribution in [0.2, 0.25) is 0 Å². The lowest BCUT2D eigenvalue weighted by molar-refractivity contribution is -0.132. The molecular weight excluding hydrogens is 437 g/mol. The highest BCUT2D eigenvalue weighted by Gasteiger charge is 2.18. The van der Waals surface area contributed by atoms with Crippen molar-refractivity contribution in [3.8, 4) is 5.75 Å². The molecule has 7 nitrogen and oxygen atoms in total. The molecule has 180 valence electrons. The van der Waals surface area contributed by atoms with Crippen LogP contribution in [0.4, 0.5) is 4.39 Å². The monoisotopic (exact) mass is 467 g/mol. The second-order valence-electron chi connectivity index (χ2n) is 8.71. The number of ether oxygens (including phenoxy) is 2. The first-order valence-corrected chi connectivity index (χ1v) is 11.6. The minimum absolute atomic E-state index is 0.00550. The lowest BCUT2D eigenvalue weighted by atomic mass is 10.0. The van der Waals surface area contributed by atoms with Crippen molar-refractivity contribution in [2.45, 2.75) is 45.6 Å². The Labute approximate surface area is 198 Å². The third-order valence-electron chi connectivity index (χ3n) is 5.65. The van der Waals surface area contributed by atoms with Gasteiger partial charge in [0.05, 0.1) is 13.2 Å². The van der Waals surface area contributed by atoms with Crippen LogP contribution < -0.4 is 4.74 Å². The van der Waals surface area contributed by atoms with E-state index >= 15 is 0 Å². The summed E-state index contributed by atoms with van der Waals surface area (Å²) in [6.07, 6.45) is 1.20. The van der Waals surface area contributed by atoms with E-state index in [0.717, 1.165) is 16.7 Å². The van der Waals surface area contributed by atoms with Crippen molar-refractivity contribution < 1.29 is 23.1 Å². The lowest BCUT2D eigenvalue weighted by Crippen LogP contribution is -2.34. The van der Waals surface area contributed by atoms with Gasteiger partial charge in [-0.05, 0) is 29.3 Å². The van der Waals surface area contributed by atoms with Crippen LogP contribution in [0, 0.1) is 5.82 Å². The molecule has 0 saturated heterocycles. The molecule has 1 aliphatic rings. The number of rotatable bonds is 4. The molecule has 0 spiro atoms. The first kappa shape index (κ1) is 23.9. The molecule has 0 N–H and O–H groups in total. The van der Waals surface area contributed by atoms with E-state index in [1.807, 2.05) is 32.0 Å². The largest absolute Gasteiger partial charge is 0.491 e. The van der Waals surface area contributed by atoms with Gasteiger partial charge in [-0.25, -0.2) is 4.39 Å². The Kier molecular flexibility index (Phi) is 7.90. The Balaban J connectivity index is 1.48. The highest BCUT2D eigenvalue weighted by atomic mass is 19.1. The zero-order valence-electron chi connectivity index (χ0n) is 19.6. The van der Waals surface area contributed by atoms with Gasteiger partial charge in [0.15, 0.2) is 0 Å². The number of hydrogen-bond donors (Lipinski definition) is 0. The van der Waals surface area contributed by atoms with Crippen molar-refractivity contribution in [1.82, 2.24) is 15.1 Å². The minimum atomic E-state index is -0.297. The van der Waals surface area contributed by atoms with E-state index in [-0.39, 0.29) is 24.1 Å². The van der Waals surface area contributed by atoms with Gasteiger partial charge in [-0.15, -0.1) is 10.2 Å². The third-order valence-corrected chi connectivity index (χ3v) is 5.65. The molecule has 1 aromatic heterocycles. The molecule has 2 heterocycles. The fourth-order valence-corrected chi connectivity index (χ4v) is 3.86. The summed E-state index contributed by atoms with van der Waals surface area (Å²) >= 11 is 0. The molecule has 8 heteroatoms. The predicted octanol–water partition coefficient (Wildman–Crippen LogP) is 4.29. The molecule has 34 heavy (non-hydrogen) atoms. The van der Waals surface area contributed by atoms with Crippen LogP contribution in [0.25, 0.3) is 0 Å². The van der Waals surface area contributed by atoms with Gasteiger partial charge in [0.2, 0.25) is 17.7 Å². The predicted molar refractivity (Wildman–Crippen MR) is 124 cm³/mol. The van der Waals surface area contributed by atoms with E-state index in [9.17, 15) is 9.18 Å². The second-order valence-corrected chi connectivity index (χ2v) is 8.71. The highest BCUT2D eigenvalue weighted by Crippen LogP contribution is 2.24. The van der Waals surface area contributed by atoms with Crippen molar-refractivity contribution >= 4 is 5.91 Å². The number of amides is 1. The molecule has 4 rings (SSSR count). The summed E-state index contributed by atoms with van der Waals surface area (Å²) in [4.78, 5) is 14.9. The van der Waals surface area contributed by atoms with Crippen molar-refractivity contribution in [1.29, 1.82) is 0 Å². The summed E-state index contributed by atoms with van der Waals surface area (Å²) < 4.78 is 31.1. The number of fused-ring (bicyclic) bond motifs is 3. The van der Waals surface area contributed by atoms with Gasteiger partial charge in [-0.1, -0.05) is 38.1 Å². The number of hydrogen-bond acceptors (Lipinski definition) is 6. The smallest absolute Gasteiger partial charge is 0.223 e. The van der Waals surface area contributed by atoms with E-state index in [2.05, 4.69) is 16.3 Å². The van der Waals surface area contributed by atoms with Crippen LogP contribution >= 0.6 is 0 Å². The quantitative estimate of drug-likeness (QED) is 0.570. The maximum absolute atomic E-state index is 13.9. The fraction of sp³-hybridized carbons (Fsp3) is 0.423. The van der Waals surface area contributed by atoms with Crippen LogP contribution in [-0.2, 0) is 28.9 Å². The summed E-state index contributed by atoms with van der Waals surface area (Å²) in [6, 6.07) is 12.6. The van der Waals surface area contributed by atoms with Crippen molar-refractivity contribution in [3.63, 3.8) is 0 Å². The van der Waals surface area contributed by atoms with Crippen LogP contribution in [-0.4, -0.2) is 47.4 Å².